The van der Waals surface area contributed by atoms with Gasteiger partial charge in [0.1, 0.15) is 6.61 Å². The molecule has 0 aromatic heterocycles. The van der Waals surface area contributed by atoms with Crippen molar-refractivity contribution in [3.05, 3.63) is 97.9 Å². The molecule has 10 heteroatoms. The van der Waals surface area contributed by atoms with Gasteiger partial charge in [0.05, 0.1) is 22.6 Å². The van der Waals surface area contributed by atoms with Gasteiger partial charge in [0.15, 0.2) is 11.5 Å². The second-order valence-electron chi connectivity index (χ2n) is 7.12. The summed E-state index contributed by atoms with van der Waals surface area (Å²) < 4.78 is 11.2. The molecule has 3 aromatic carbocycles. The third kappa shape index (κ3) is 5.05. The quantitative estimate of drug-likeness (QED) is 0.222. The van der Waals surface area contributed by atoms with Gasteiger partial charge in [-0.2, -0.15) is 0 Å². The number of carbonyl (C=O) groups is 2. The van der Waals surface area contributed by atoms with E-state index in [1.165, 1.54) is 19.2 Å². The zero-order valence-corrected chi connectivity index (χ0v) is 19.3. The summed E-state index contributed by atoms with van der Waals surface area (Å²) in [6.07, 6.45) is 1.60. The Balaban J connectivity index is 1.52. The molecule has 0 N–H and O–H groups in total. The zero-order chi connectivity index (χ0) is 24.2. The van der Waals surface area contributed by atoms with Crippen molar-refractivity contribution >= 4 is 52.0 Å². The highest BCUT2D eigenvalue weighted by atomic mass is 35.5. The van der Waals surface area contributed by atoms with E-state index in [4.69, 9.17) is 21.1 Å². The molecule has 1 aliphatic rings. The van der Waals surface area contributed by atoms with E-state index >= 15 is 0 Å². The van der Waals surface area contributed by atoms with Gasteiger partial charge < -0.3 is 9.47 Å². The number of non-ortho nitro benzene ring substituents is 1. The number of hydrogen-bond donors (Lipinski definition) is 0. The molecule has 0 aliphatic carbocycles. The van der Waals surface area contributed by atoms with Crippen LogP contribution in [0.2, 0.25) is 5.02 Å². The van der Waals surface area contributed by atoms with E-state index in [-0.39, 0.29) is 17.2 Å². The SMILES string of the molecule is COc1cc(/C=C2/SC(=O)N(c3cccc(Cl)c3)C2=O)ccc1OCc1cccc([N+](=O)[O-])c1. The second kappa shape index (κ2) is 9.98. The number of nitro groups is 1. The van der Waals surface area contributed by atoms with Crippen LogP contribution in [0.4, 0.5) is 16.2 Å². The molecule has 1 aliphatic heterocycles. The van der Waals surface area contributed by atoms with E-state index in [1.807, 2.05) is 0 Å². The van der Waals surface area contributed by atoms with Crippen LogP contribution >= 0.6 is 23.4 Å². The van der Waals surface area contributed by atoms with Crippen LogP contribution in [0, 0.1) is 10.1 Å². The Labute approximate surface area is 203 Å². The first-order valence-corrected chi connectivity index (χ1v) is 11.1. The molecule has 172 valence electrons. The maximum absolute atomic E-state index is 12.9. The Morgan fingerprint density at radius 1 is 1.06 bits per heavy atom. The molecular formula is C24H17ClN2O6S. The van der Waals surface area contributed by atoms with Gasteiger partial charge in [0.2, 0.25) is 0 Å². The summed E-state index contributed by atoms with van der Waals surface area (Å²) in [7, 11) is 1.48. The predicted molar refractivity (Wildman–Crippen MR) is 130 cm³/mol. The zero-order valence-electron chi connectivity index (χ0n) is 17.8. The van der Waals surface area contributed by atoms with Crippen LogP contribution in [-0.4, -0.2) is 23.2 Å². The summed E-state index contributed by atoms with van der Waals surface area (Å²) in [6, 6.07) is 17.8. The highest BCUT2D eigenvalue weighted by Crippen LogP contribution is 2.37. The molecule has 34 heavy (non-hydrogen) atoms. The number of halogens is 1. The lowest BCUT2D eigenvalue weighted by Crippen LogP contribution is -2.27. The van der Waals surface area contributed by atoms with Crippen molar-refractivity contribution in [2.75, 3.05) is 12.0 Å². The average Bonchev–Trinajstić information content (AvgIpc) is 3.10. The first-order valence-electron chi connectivity index (χ1n) is 9.93. The fraction of sp³-hybridized carbons (Fsp3) is 0.0833. The number of methoxy groups -OCH3 is 1. The summed E-state index contributed by atoms with van der Waals surface area (Å²) in [5.41, 5.74) is 1.65. The number of nitrogens with zero attached hydrogens (tertiary/aromatic N) is 2. The van der Waals surface area contributed by atoms with Crippen LogP contribution in [0.3, 0.4) is 0 Å². The van der Waals surface area contributed by atoms with E-state index in [2.05, 4.69) is 0 Å². The van der Waals surface area contributed by atoms with E-state index in [1.54, 1.807) is 60.7 Å². The van der Waals surface area contributed by atoms with Crippen molar-refractivity contribution < 1.29 is 24.0 Å². The second-order valence-corrected chi connectivity index (χ2v) is 8.55. The Bertz CT molecular complexity index is 1330. The van der Waals surface area contributed by atoms with Crippen molar-refractivity contribution in [1.82, 2.24) is 0 Å². The number of benzene rings is 3. The third-order valence-electron chi connectivity index (χ3n) is 4.86. The number of ether oxygens (including phenoxy) is 2. The molecule has 4 rings (SSSR count). The van der Waals surface area contributed by atoms with Crippen molar-refractivity contribution in [2.24, 2.45) is 0 Å². The minimum absolute atomic E-state index is 0.0184. The first-order chi connectivity index (χ1) is 16.4. The molecular weight excluding hydrogens is 480 g/mol. The smallest absolute Gasteiger partial charge is 0.298 e. The van der Waals surface area contributed by atoms with E-state index in [9.17, 15) is 19.7 Å². The predicted octanol–water partition coefficient (Wildman–Crippen LogP) is 6.08. The highest BCUT2D eigenvalue weighted by Gasteiger charge is 2.36. The Morgan fingerprint density at radius 2 is 1.85 bits per heavy atom. The average molecular weight is 497 g/mol. The summed E-state index contributed by atoms with van der Waals surface area (Å²) in [4.78, 5) is 37.1. The number of hydrogen-bond acceptors (Lipinski definition) is 7. The topological polar surface area (TPSA) is 99.0 Å². The molecule has 0 unspecified atom stereocenters. The molecule has 2 amide bonds. The fourth-order valence-corrected chi connectivity index (χ4v) is 4.30. The van der Waals surface area contributed by atoms with Gasteiger partial charge in [-0.1, -0.05) is 35.9 Å². The summed E-state index contributed by atoms with van der Waals surface area (Å²) in [5, 5.41) is 11.0. The minimum Gasteiger partial charge on any atom is -0.493 e. The number of anilines is 1. The molecule has 3 aromatic rings. The minimum atomic E-state index is -0.465. The lowest BCUT2D eigenvalue weighted by molar-refractivity contribution is -0.384. The largest absolute Gasteiger partial charge is 0.493 e. The molecule has 0 saturated carbocycles. The van der Waals surface area contributed by atoms with E-state index < -0.39 is 16.1 Å². The third-order valence-corrected chi connectivity index (χ3v) is 5.97. The number of rotatable bonds is 7. The Hall–Kier alpha value is -3.82. The molecule has 1 saturated heterocycles. The maximum atomic E-state index is 12.9. The molecule has 0 radical (unpaired) electrons. The van der Waals surface area contributed by atoms with Gasteiger partial charge in [0.25, 0.3) is 16.8 Å². The summed E-state index contributed by atoms with van der Waals surface area (Å²) >= 11 is 6.83. The summed E-state index contributed by atoms with van der Waals surface area (Å²) in [5.74, 6) is 0.397. The molecule has 0 spiro atoms. The highest BCUT2D eigenvalue weighted by molar-refractivity contribution is 8.19. The maximum Gasteiger partial charge on any atom is 0.298 e. The van der Waals surface area contributed by atoms with Gasteiger partial charge in [-0.25, -0.2) is 4.90 Å². The molecule has 0 bridgehead atoms. The van der Waals surface area contributed by atoms with Gasteiger partial charge >= 0.3 is 0 Å². The van der Waals surface area contributed by atoms with Crippen molar-refractivity contribution in [3.63, 3.8) is 0 Å². The lowest BCUT2D eigenvalue weighted by Gasteiger charge is -2.12. The van der Waals surface area contributed by atoms with Crippen LogP contribution in [0.1, 0.15) is 11.1 Å². The molecule has 8 nitrogen and oxygen atoms in total. The number of carbonyl (C=O) groups excluding carboxylic acids is 2. The molecule has 0 atom stereocenters. The van der Waals surface area contributed by atoms with Crippen LogP contribution in [-0.2, 0) is 11.4 Å². The van der Waals surface area contributed by atoms with Gasteiger partial charge in [-0.3, -0.25) is 19.7 Å². The lowest BCUT2D eigenvalue weighted by atomic mass is 10.1. The molecule has 1 fully saturated rings. The normalized spacial score (nSPS) is 14.5. The van der Waals surface area contributed by atoms with Gasteiger partial charge in [-0.15, -0.1) is 0 Å². The Kier molecular flexibility index (Phi) is 6.85. The van der Waals surface area contributed by atoms with Crippen LogP contribution in [0.15, 0.2) is 71.6 Å². The Morgan fingerprint density at radius 3 is 2.59 bits per heavy atom. The van der Waals surface area contributed by atoms with Crippen molar-refractivity contribution in [1.29, 1.82) is 0 Å². The standard InChI is InChI=1S/C24H17ClN2O6S/c1-32-21-11-15(8-9-20(21)33-14-16-4-2-7-19(10-16)27(30)31)12-22-23(28)26(24(29)34-22)18-6-3-5-17(25)13-18/h2-13H,14H2,1H3/b22-12+. The van der Waals surface area contributed by atoms with Crippen LogP contribution < -0.4 is 14.4 Å². The van der Waals surface area contributed by atoms with E-state index in [0.717, 1.165) is 16.7 Å². The van der Waals surface area contributed by atoms with Gasteiger partial charge in [0, 0.05) is 17.2 Å². The van der Waals surface area contributed by atoms with Gasteiger partial charge in [-0.05, 0) is 59.3 Å². The van der Waals surface area contributed by atoms with Crippen LogP contribution in [0.25, 0.3) is 6.08 Å². The van der Waals surface area contributed by atoms with E-state index in [0.29, 0.717) is 33.3 Å². The molecule has 1 heterocycles. The summed E-state index contributed by atoms with van der Waals surface area (Å²) in [6.45, 7) is 0.107. The number of thioether (sulfide) groups is 1. The number of nitro benzene ring substituents is 1. The van der Waals surface area contributed by atoms with Crippen molar-refractivity contribution in [3.8, 4) is 11.5 Å². The fourth-order valence-electron chi connectivity index (χ4n) is 3.27. The van der Waals surface area contributed by atoms with Crippen LogP contribution in [0.5, 0.6) is 11.5 Å². The number of imide groups is 1. The number of amides is 2. The monoisotopic (exact) mass is 496 g/mol. The first kappa shape index (κ1) is 23.3. The van der Waals surface area contributed by atoms with Crippen molar-refractivity contribution in [2.45, 2.75) is 6.61 Å².